The first kappa shape index (κ1) is 26.5. The molecule has 4 aromatic rings. The normalized spacial score (nSPS) is 14.9. The Bertz CT molecular complexity index is 1370. The van der Waals surface area contributed by atoms with Crippen molar-refractivity contribution in [2.75, 3.05) is 29.9 Å². The van der Waals surface area contributed by atoms with Crippen LogP contribution in [0.25, 0.3) is 33.6 Å². The Morgan fingerprint density at radius 2 is 1.76 bits per heavy atom. The fourth-order valence-electron chi connectivity index (χ4n) is 4.35. The highest BCUT2D eigenvalue weighted by Crippen LogP contribution is 2.44. The fraction of sp³-hybridized carbons (Fsp3) is 0.269. The minimum atomic E-state index is -1.02. The number of amides is 1. The summed E-state index contributed by atoms with van der Waals surface area (Å²) in [7, 11) is 0. The molecule has 2 aromatic heterocycles. The molecule has 5 rings (SSSR count). The van der Waals surface area contributed by atoms with Crippen LogP contribution in [0.1, 0.15) is 12.8 Å². The second-order valence-corrected chi connectivity index (χ2v) is 8.76. The average Bonchev–Trinajstić information content (AvgIpc) is 3.29. The van der Waals surface area contributed by atoms with E-state index >= 15 is 0 Å². The molecular formula is C26H27ClFN5O4. The molecule has 0 unspecified atom stereocenters. The third kappa shape index (κ3) is 5.42. The van der Waals surface area contributed by atoms with Gasteiger partial charge in [0.05, 0.1) is 18.1 Å². The van der Waals surface area contributed by atoms with Crippen LogP contribution in [0.15, 0.2) is 59.3 Å². The number of anilines is 2. The predicted molar refractivity (Wildman–Crippen MR) is 141 cm³/mol. The van der Waals surface area contributed by atoms with Crippen LogP contribution in [0, 0.1) is 5.82 Å². The molecular weight excluding hydrogens is 501 g/mol. The maximum Gasteiger partial charge on any atom is 0.243 e. The third-order valence-corrected chi connectivity index (χ3v) is 6.31. The molecule has 5 N–H and O–H groups in total. The zero-order valence-corrected chi connectivity index (χ0v) is 20.6. The molecule has 0 bridgehead atoms. The van der Waals surface area contributed by atoms with Crippen LogP contribution >= 0.6 is 12.4 Å². The molecule has 0 saturated carbocycles. The van der Waals surface area contributed by atoms with Gasteiger partial charge in [0.15, 0.2) is 0 Å². The lowest BCUT2D eigenvalue weighted by atomic mass is 9.98. The predicted octanol–water partition coefficient (Wildman–Crippen LogP) is 3.34. The van der Waals surface area contributed by atoms with Crippen molar-refractivity contribution in [1.29, 1.82) is 0 Å². The molecule has 0 aliphatic carbocycles. The summed E-state index contributed by atoms with van der Waals surface area (Å²) in [6.07, 6.45) is 2.39. The van der Waals surface area contributed by atoms with E-state index in [-0.39, 0.29) is 24.3 Å². The van der Waals surface area contributed by atoms with Crippen LogP contribution in [0.4, 0.5) is 15.9 Å². The minimum Gasteiger partial charge on any atom is -0.437 e. The van der Waals surface area contributed by atoms with Gasteiger partial charge in [0.25, 0.3) is 0 Å². The van der Waals surface area contributed by atoms with E-state index in [0.717, 1.165) is 16.7 Å². The highest BCUT2D eigenvalue weighted by atomic mass is 35.5. The highest BCUT2D eigenvalue weighted by Gasteiger charge is 2.27. The SMILES string of the molecule is Cl.N[C@@H](CO)C(=O)Nc1ccc(-c2oc3ncnc(N4CCC(O)CC4)c3c2-c2ccc(F)cc2)cc1. The number of aromatic nitrogens is 2. The molecule has 1 aliphatic rings. The maximum atomic E-state index is 13.8. The van der Waals surface area contributed by atoms with Gasteiger partial charge in [-0.1, -0.05) is 12.1 Å². The number of benzene rings is 2. The van der Waals surface area contributed by atoms with Crippen LogP contribution in [0.5, 0.6) is 0 Å². The molecule has 1 amide bonds. The molecule has 1 fully saturated rings. The number of rotatable bonds is 6. The van der Waals surface area contributed by atoms with Gasteiger partial charge in [-0.25, -0.2) is 14.4 Å². The quantitative estimate of drug-likeness (QED) is 0.299. The molecule has 11 heteroatoms. The van der Waals surface area contributed by atoms with Crippen molar-refractivity contribution in [3.8, 4) is 22.5 Å². The average molecular weight is 528 g/mol. The zero-order chi connectivity index (χ0) is 25.2. The number of carbonyl (C=O) groups is 1. The van der Waals surface area contributed by atoms with E-state index in [9.17, 15) is 14.3 Å². The molecule has 1 saturated heterocycles. The van der Waals surface area contributed by atoms with Crippen molar-refractivity contribution >= 4 is 40.9 Å². The summed E-state index contributed by atoms with van der Waals surface area (Å²) >= 11 is 0. The van der Waals surface area contributed by atoms with Gasteiger partial charge in [0, 0.05) is 29.9 Å². The number of piperidine rings is 1. The molecule has 0 spiro atoms. The summed E-state index contributed by atoms with van der Waals surface area (Å²) in [6.45, 7) is 0.825. The molecule has 2 aromatic carbocycles. The third-order valence-electron chi connectivity index (χ3n) is 6.31. The molecule has 1 aliphatic heterocycles. The number of aliphatic hydroxyl groups excluding tert-OH is 2. The number of hydrogen-bond acceptors (Lipinski definition) is 8. The summed E-state index contributed by atoms with van der Waals surface area (Å²) in [5, 5.41) is 22.4. The fourth-order valence-corrected chi connectivity index (χ4v) is 4.35. The van der Waals surface area contributed by atoms with Gasteiger partial charge < -0.3 is 30.6 Å². The molecule has 9 nitrogen and oxygen atoms in total. The number of fused-ring (bicyclic) bond motifs is 1. The number of aliphatic hydroxyl groups is 2. The summed E-state index contributed by atoms with van der Waals surface area (Å²) in [5.74, 6) is 0.381. The van der Waals surface area contributed by atoms with E-state index in [1.165, 1.54) is 18.5 Å². The minimum absolute atomic E-state index is 0. The number of halogens is 2. The number of nitrogens with one attached hydrogen (secondary N) is 1. The monoisotopic (exact) mass is 527 g/mol. The Labute approximate surface area is 218 Å². The van der Waals surface area contributed by atoms with Crippen LogP contribution in [-0.4, -0.2) is 57.9 Å². The van der Waals surface area contributed by atoms with Crippen molar-refractivity contribution in [3.05, 3.63) is 60.7 Å². The Morgan fingerprint density at radius 3 is 2.41 bits per heavy atom. The van der Waals surface area contributed by atoms with E-state index in [2.05, 4.69) is 20.2 Å². The largest absolute Gasteiger partial charge is 0.437 e. The smallest absolute Gasteiger partial charge is 0.243 e. The summed E-state index contributed by atoms with van der Waals surface area (Å²) in [6, 6.07) is 12.1. The van der Waals surface area contributed by atoms with Gasteiger partial charge >= 0.3 is 0 Å². The zero-order valence-electron chi connectivity index (χ0n) is 19.8. The van der Waals surface area contributed by atoms with Crippen molar-refractivity contribution in [2.24, 2.45) is 5.73 Å². The Hall–Kier alpha value is -3.57. The molecule has 0 radical (unpaired) electrons. The molecule has 1 atom stereocenters. The maximum absolute atomic E-state index is 13.8. The lowest BCUT2D eigenvalue weighted by Crippen LogP contribution is -2.38. The number of carbonyl (C=O) groups excluding carboxylic acids is 1. The van der Waals surface area contributed by atoms with Crippen molar-refractivity contribution in [1.82, 2.24) is 9.97 Å². The van der Waals surface area contributed by atoms with E-state index in [1.54, 1.807) is 36.4 Å². The van der Waals surface area contributed by atoms with Gasteiger partial charge in [-0.3, -0.25) is 4.79 Å². The van der Waals surface area contributed by atoms with Gasteiger partial charge in [-0.2, -0.15) is 0 Å². The number of nitrogens with two attached hydrogens (primary N) is 1. The van der Waals surface area contributed by atoms with Crippen LogP contribution < -0.4 is 16.0 Å². The topological polar surface area (TPSA) is 138 Å². The Morgan fingerprint density at radius 1 is 1.11 bits per heavy atom. The lowest BCUT2D eigenvalue weighted by Gasteiger charge is -2.30. The van der Waals surface area contributed by atoms with Crippen molar-refractivity contribution in [3.63, 3.8) is 0 Å². The standard InChI is InChI=1S/C26H26FN5O4.ClH/c27-17-5-1-15(2-6-17)21-22-24(32-11-9-19(34)10-12-32)29-14-30-26(22)36-23(21)16-3-7-18(8-4-16)31-25(35)20(28)13-33;/h1-8,14,19-20,33-34H,9-13,28H2,(H,31,35);1H/t20-;/m0./s1. The Balaban J connectivity index is 0.00000320. The first-order chi connectivity index (χ1) is 17.4. The number of nitrogens with zero attached hydrogens (tertiary/aromatic N) is 3. The first-order valence-electron chi connectivity index (χ1n) is 11.7. The second kappa shape index (κ2) is 11.2. The molecule has 37 heavy (non-hydrogen) atoms. The highest BCUT2D eigenvalue weighted by molar-refractivity contribution is 6.06. The van der Waals surface area contributed by atoms with E-state index in [4.69, 9.17) is 15.3 Å². The van der Waals surface area contributed by atoms with Gasteiger partial charge in [0.2, 0.25) is 11.6 Å². The molecule has 3 heterocycles. The number of furan rings is 1. The van der Waals surface area contributed by atoms with Gasteiger partial charge in [-0.05, 0) is 54.8 Å². The van der Waals surface area contributed by atoms with Gasteiger partial charge in [-0.15, -0.1) is 12.4 Å². The van der Waals surface area contributed by atoms with Crippen LogP contribution in [0.3, 0.4) is 0 Å². The van der Waals surface area contributed by atoms with E-state index in [0.29, 0.717) is 54.3 Å². The Kier molecular flexibility index (Phi) is 8.03. The van der Waals surface area contributed by atoms with Crippen molar-refractivity contribution in [2.45, 2.75) is 25.0 Å². The summed E-state index contributed by atoms with van der Waals surface area (Å²) in [4.78, 5) is 23.0. The van der Waals surface area contributed by atoms with Crippen LogP contribution in [-0.2, 0) is 4.79 Å². The number of hydrogen-bond donors (Lipinski definition) is 4. The van der Waals surface area contributed by atoms with E-state index in [1.807, 2.05) is 0 Å². The lowest BCUT2D eigenvalue weighted by molar-refractivity contribution is -0.118. The van der Waals surface area contributed by atoms with E-state index < -0.39 is 18.6 Å². The molecule has 194 valence electrons. The van der Waals surface area contributed by atoms with Crippen LogP contribution in [0.2, 0.25) is 0 Å². The van der Waals surface area contributed by atoms with Gasteiger partial charge in [0.1, 0.15) is 29.8 Å². The second-order valence-electron chi connectivity index (χ2n) is 8.76. The summed E-state index contributed by atoms with van der Waals surface area (Å²) in [5.41, 5.74) is 8.67. The summed E-state index contributed by atoms with van der Waals surface area (Å²) < 4.78 is 20.0. The first-order valence-corrected chi connectivity index (χ1v) is 11.7. The van der Waals surface area contributed by atoms with Crippen molar-refractivity contribution < 1.29 is 23.8 Å².